The minimum atomic E-state index is -0.428. The van der Waals surface area contributed by atoms with Gasteiger partial charge in [-0.05, 0) is 26.2 Å². The van der Waals surface area contributed by atoms with Gasteiger partial charge in [-0.3, -0.25) is 4.79 Å². The van der Waals surface area contributed by atoms with E-state index in [2.05, 4.69) is 6.92 Å². The Morgan fingerprint density at radius 1 is 1.56 bits per heavy atom. The number of aliphatic hydroxyl groups excluding tert-OH is 1. The largest absolute Gasteiger partial charge is 0.394 e. The molecule has 1 fully saturated rings. The maximum atomic E-state index is 12.1. The Balaban J connectivity index is 2.61. The Hall–Kier alpha value is -0.610. The molecule has 2 unspecified atom stereocenters. The van der Waals surface area contributed by atoms with Crippen molar-refractivity contribution in [1.82, 2.24) is 4.90 Å². The fourth-order valence-electron chi connectivity index (χ4n) is 2.13. The summed E-state index contributed by atoms with van der Waals surface area (Å²) in [7, 11) is 1.61. The molecular weight excluding hydrogens is 206 g/mol. The number of likely N-dealkylation sites (tertiary alicyclic amines) is 1. The zero-order valence-electron chi connectivity index (χ0n) is 10.7. The highest BCUT2D eigenvalue weighted by Crippen LogP contribution is 2.26. The molecule has 0 spiro atoms. The van der Waals surface area contributed by atoms with Crippen molar-refractivity contribution in [2.75, 3.05) is 20.3 Å². The van der Waals surface area contributed by atoms with Gasteiger partial charge in [0.2, 0.25) is 5.91 Å². The van der Waals surface area contributed by atoms with E-state index in [-0.39, 0.29) is 18.6 Å². The molecule has 1 aliphatic heterocycles. The maximum Gasteiger partial charge on any atom is 0.225 e. The van der Waals surface area contributed by atoms with Gasteiger partial charge in [0, 0.05) is 13.7 Å². The number of carbonyl (C=O) groups is 1. The monoisotopic (exact) mass is 229 g/mol. The Morgan fingerprint density at radius 3 is 2.69 bits per heavy atom. The number of hydrogen-bond acceptors (Lipinski definition) is 3. The van der Waals surface area contributed by atoms with Crippen molar-refractivity contribution in [2.45, 2.75) is 45.3 Å². The van der Waals surface area contributed by atoms with Crippen LogP contribution in [0.1, 0.15) is 33.6 Å². The smallest absolute Gasteiger partial charge is 0.225 e. The third kappa shape index (κ3) is 2.95. The third-order valence-electron chi connectivity index (χ3n) is 3.52. The first-order valence-electron chi connectivity index (χ1n) is 5.87. The molecule has 0 bridgehead atoms. The SMILES string of the molecule is COC(C)(C)CC(=O)N1CCC(C)C1CO. The lowest BCUT2D eigenvalue weighted by Crippen LogP contribution is -2.43. The molecule has 1 heterocycles. The fraction of sp³-hybridized carbons (Fsp3) is 0.917. The first-order chi connectivity index (χ1) is 7.41. The van der Waals surface area contributed by atoms with Crippen LogP contribution in [-0.2, 0) is 9.53 Å². The number of ether oxygens (including phenoxy) is 1. The van der Waals surface area contributed by atoms with Gasteiger partial charge in [0.15, 0.2) is 0 Å². The lowest BCUT2D eigenvalue weighted by molar-refractivity contribution is -0.138. The van der Waals surface area contributed by atoms with Crippen molar-refractivity contribution in [3.63, 3.8) is 0 Å². The molecule has 1 rings (SSSR count). The number of amides is 1. The van der Waals surface area contributed by atoms with Crippen molar-refractivity contribution in [1.29, 1.82) is 0 Å². The molecular formula is C12H23NO3. The Bertz CT molecular complexity index is 253. The lowest BCUT2D eigenvalue weighted by Gasteiger charge is -2.29. The number of aliphatic hydroxyl groups is 1. The van der Waals surface area contributed by atoms with Crippen molar-refractivity contribution >= 4 is 5.91 Å². The minimum absolute atomic E-state index is 0.0137. The molecule has 1 amide bonds. The van der Waals surface area contributed by atoms with E-state index in [0.717, 1.165) is 13.0 Å². The van der Waals surface area contributed by atoms with Crippen LogP contribution in [0.3, 0.4) is 0 Å². The highest BCUT2D eigenvalue weighted by Gasteiger charge is 2.35. The molecule has 0 aromatic carbocycles. The van der Waals surface area contributed by atoms with Crippen LogP contribution in [-0.4, -0.2) is 47.8 Å². The quantitative estimate of drug-likeness (QED) is 0.783. The van der Waals surface area contributed by atoms with Crippen LogP contribution in [0.15, 0.2) is 0 Å². The fourth-order valence-corrected chi connectivity index (χ4v) is 2.13. The van der Waals surface area contributed by atoms with Gasteiger partial charge >= 0.3 is 0 Å². The summed E-state index contributed by atoms with van der Waals surface area (Å²) in [5.41, 5.74) is -0.428. The van der Waals surface area contributed by atoms with Crippen molar-refractivity contribution in [3.05, 3.63) is 0 Å². The average molecular weight is 229 g/mol. The number of rotatable bonds is 4. The van der Waals surface area contributed by atoms with Crippen molar-refractivity contribution < 1.29 is 14.6 Å². The van der Waals surface area contributed by atoms with Gasteiger partial charge in [-0.2, -0.15) is 0 Å². The maximum absolute atomic E-state index is 12.1. The molecule has 2 atom stereocenters. The average Bonchev–Trinajstić information content (AvgIpc) is 2.59. The molecule has 1 saturated heterocycles. The Kier molecular flexibility index (Phi) is 4.33. The summed E-state index contributed by atoms with van der Waals surface area (Å²) in [6, 6.07) is -0.0137. The summed E-state index contributed by atoms with van der Waals surface area (Å²) in [5.74, 6) is 0.467. The van der Waals surface area contributed by atoms with Crippen LogP contribution in [0, 0.1) is 5.92 Å². The normalized spacial score (nSPS) is 26.2. The molecule has 0 aromatic heterocycles. The zero-order chi connectivity index (χ0) is 12.3. The van der Waals surface area contributed by atoms with Crippen LogP contribution in [0.25, 0.3) is 0 Å². The van der Waals surface area contributed by atoms with E-state index < -0.39 is 5.60 Å². The minimum Gasteiger partial charge on any atom is -0.394 e. The third-order valence-corrected chi connectivity index (χ3v) is 3.52. The van der Waals surface area contributed by atoms with Crippen molar-refractivity contribution in [3.8, 4) is 0 Å². The number of carbonyl (C=O) groups excluding carboxylic acids is 1. The number of nitrogens with zero attached hydrogens (tertiary/aromatic N) is 1. The summed E-state index contributed by atoms with van der Waals surface area (Å²) in [5, 5.41) is 9.29. The van der Waals surface area contributed by atoms with E-state index in [4.69, 9.17) is 4.74 Å². The van der Waals surface area contributed by atoms with Gasteiger partial charge in [0.25, 0.3) is 0 Å². The summed E-state index contributed by atoms with van der Waals surface area (Å²) in [6.07, 6.45) is 1.34. The predicted molar refractivity (Wildman–Crippen MR) is 62.1 cm³/mol. The second-order valence-electron chi connectivity index (χ2n) is 5.24. The van der Waals surface area contributed by atoms with Gasteiger partial charge in [-0.15, -0.1) is 0 Å². The van der Waals surface area contributed by atoms with E-state index in [1.54, 1.807) is 12.0 Å². The molecule has 1 N–H and O–H groups in total. The van der Waals surface area contributed by atoms with Gasteiger partial charge in [-0.25, -0.2) is 0 Å². The standard InChI is InChI=1S/C12H23NO3/c1-9-5-6-13(10(9)8-14)11(15)7-12(2,3)16-4/h9-10,14H,5-8H2,1-4H3. The molecule has 94 valence electrons. The summed E-state index contributed by atoms with van der Waals surface area (Å²) in [4.78, 5) is 13.9. The van der Waals surface area contributed by atoms with E-state index >= 15 is 0 Å². The van der Waals surface area contributed by atoms with Crippen LogP contribution in [0.4, 0.5) is 0 Å². The predicted octanol–water partition coefficient (Wildman–Crippen LogP) is 1.03. The van der Waals surface area contributed by atoms with E-state index in [9.17, 15) is 9.90 Å². The molecule has 0 radical (unpaired) electrons. The highest BCUT2D eigenvalue weighted by molar-refractivity contribution is 5.77. The second-order valence-corrected chi connectivity index (χ2v) is 5.24. The van der Waals surface area contributed by atoms with Gasteiger partial charge in [-0.1, -0.05) is 6.92 Å². The van der Waals surface area contributed by atoms with Crippen LogP contribution < -0.4 is 0 Å². The van der Waals surface area contributed by atoms with E-state index in [0.29, 0.717) is 12.3 Å². The van der Waals surface area contributed by atoms with Crippen LogP contribution in [0.5, 0.6) is 0 Å². The Labute approximate surface area is 97.6 Å². The van der Waals surface area contributed by atoms with Crippen molar-refractivity contribution in [2.24, 2.45) is 5.92 Å². The molecule has 1 aliphatic rings. The molecule has 0 aromatic rings. The van der Waals surface area contributed by atoms with Crippen LogP contribution >= 0.6 is 0 Å². The molecule has 16 heavy (non-hydrogen) atoms. The first-order valence-corrected chi connectivity index (χ1v) is 5.87. The Morgan fingerprint density at radius 2 is 2.19 bits per heavy atom. The summed E-state index contributed by atoms with van der Waals surface area (Å²) in [6.45, 7) is 6.69. The first kappa shape index (κ1) is 13.5. The molecule has 4 nitrogen and oxygen atoms in total. The number of methoxy groups -OCH3 is 1. The molecule has 0 saturated carbocycles. The van der Waals surface area contributed by atoms with Crippen LogP contribution in [0.2, 0.25) is 0 Å². The molecule has 4 heteroatoms. The van der Waals surface area contributed by atoms with E-state index in [1.807, 2.05) is 13.8 Å². The number of hydrogen-bond donors (Lipinski definition) is 1. The second kappa shape index (κ2) is 5.15. The summed E-state index contributed by atoms with van der Waals surface area (Å²) < 4.78 is 5.25. The van der Waals surface area contributed by atoms with Gasteiger partial charge < -0.3 is 14.7 Å². The topological polar surface area (TPSA) is 49.8 Å². The molecule has 0 aliphatic carbocycles. The van der Waals surface area contributed by atoms with Gasteiger partial charge in [0.05, 0.1) is 24.7 Å². The lowest BCUT2D eigenvalue weighted by atomic mass is 10.0. The van der Waals surface area contributed by atoms with Gasteiger partial charge in [0.1, 0.15) is 0 Å². The van der Waals surface area contributed by atoms with E-state index in [1.165, 1.54) is 0 Å². The zero-order valence-corrected chi connectivity index (χ0v) is 10.7. The highest BCUT2D eigenvalue weighted by atomic mass is 16.5. The summed E-state index contributed by atoms with van der Waals surface area (Å²) >= 11 is 0.